The van der Waals surface area contributed by atoms with Crippen LogP contribution in [0, 0.1) is 5.92 Å². The van der Waals surface area contributed by atoms with Crippen molar-refractivity contribution in [2.45, 2.75) is 368 Å². The Morgan fingerprint density at radius 2 is 0.478 bits per heavy atom. The minimum Gasteiger partial charge on any atom is -0.462 e. The van der Waals surface area contributed by atoms with Crippen molar-refractivity contribution >= 4 is 17.9 Å². The minimum absolute atomic E-state index is 0.0612. The van der Waals surface area contributed by atoms with Crippen LogP contribution in [0.1, 0.15) is 362 Å². The molecule has 0 radical (unpaired) electrons. The largest absolute Gasteiger partial charge is 0.462 e. The van der Waals surface area contributed by atoms with Gasteiger partial charge in [-0.3, -0.25) is 14.4 Å². The summed E-state index contributed by atoms with van der Waals surface area (Å²) in [5.74, 6) is 0.0301. The number of hydrogen-bond donors (Lipinski definition) is 0. The number of carbonyl (C=O) groups excluding carboxylic acids is 3. The number of unbranched alkanes of at least 4 members (excludes halogenated alkanes) is 45. The summed E-state index contributed by atoms with van der Waals surface area (Å²) < 4.78 is 16.9. The van der Waals surface area contributed by atoms with Crippen molar-refractivity contribution in [3.63, 3.8) is 0 Å². The van der Waals surface area contributed by atoms with Gasteiger partial charge in [0.1, 0.15) is 13.2 Å². The van der Waals surface area contributed by atoms with E-state index in [1.54, 1.807) is 0 Å². The van der Waals surface area contributed by atoms with E-state index in [-0.39, 0.29) is 31.1 Å². The third-order valence-corrected chi connectivity index (χ3v) is 14.5. The fourth-order valence-electron chi connectivity index (χ4n) is 9.81. The summed E-state index contributed by atoms with van der Waals surface area (Å²) in [6.07, 6.45) is 63.9. The molecule has 0 aliphatic rings. The Bertz CT molecular complexity index is 1040. The molecule has 0 aromatic rings. The summed E-state index contributed by atoms with van der Waals surface area (Å²) >= 11 is 0. The maximum Gasteiger partial charge on any atom is 0.306 e. The van der Waals surface area contributed by atoms with E-state index in [0.29, 0.717) is 19.3 Å². The molecule has 0 fully saturated rings. The molecule has 0 aliphatic carbocycles. The SMILES string of the molecule is CCCCCCCCCCCCCCCCCCCC(=O)OC[C@@H](COC(=O)CCCCCCCCCCCCCCCCCCCCC(C)C)OC(=O)CCCCCCCCCCCCCCC. The van der Waals surface area contributed by atoms with Gasteiger partial charge in [-0.2, -0.15) is 0 Å². The monoisotopic (exact) mass is 975 g/mol. The summed E-state index contributed by atoms with van der Waals surface area (Å²) in [5, 5.41) is 0. The lowest BCUT2D eigenvalue weighted by Crippen LogP contribution is -2.30. The van der Waals surface area contributed by atoms with E-state index in [2.05, 4.69) is 27.7 Å². The fraction of sp³-hybridized carbons (Fsp3) is 0.952. The van der Waals surface area contributed by atoms with Gasteiger partial charge in [0.15, 0.2) is 6.10 Å². The molecule has 0 rings (SSSR count). The molecule has 6 heteroatoms. The zero-order valence-corrected chi connectivity index (χ0v) is 47.3. The van der Waals surface area contributed by atoms with Crippen LogP contribution >= 0.6 is 0 Å². The number of ether oxygens (including phenoxy) is 3. The van der Waals surface area contributed by atoms with Gasteiger partial charge in [0, 0.05) is 19.3 Å². The molecule has 0 N–H and O–H groups in total. The molecule has 0 bridgehead atoms. The normalized spacial score (nSPS) is 12.0. The predicted molar refractivity (Wildman–Crippen MR) is 298 cm³/mol. The zero-order valence-electron chi connectivity index (χ0n) is 47.3. The Morgan fingerprint density at radius 3 is 0.710 bits per heavy atom. The van der Waals surface area contributed by atoms with Gasteiger partial charge in [0.25, 0.3) is 0 Å². The van der Waals surface area contributed by atoms with Crippen molar-refractivity contribution in [2.24, 2.45) is 5.92 Å². The highest BCUT2D eigenvalue weighted by molar-refractivity contribution is 5.71. The van der Waals surface area contributed by atoms with Crippen LogP contribution in [0.25, 0.3) is 0 Å². The van der Waals surface area contributed by atoms with E-state index in [9.17, 15) is 14.4 Å². The second-order valence-corrected chi connectivity index (χ2v) is 22.2. The van der Waals surface area contributed by atoms with Crippen LogP contribution in [0.5, 0.6) is 0 Å². The minimum atomic E-state index is -0.762. The molecule has 0 aromatic heterocycles. The fourth-order valence-corrected chi connectivity index (χ4v) is 9.81. The van der Waals surface area contributed by atoms with E-state index in [1.807, 2.05) is 0 Å². The number of carbonyl (C=O) groups is 3. The highest BCUT2D eigenvalue weighted by atomic mass is 16.6. The second kappa shape index (κ2) is 57.3. The van der Waals surface area contributed by atoms with Crippen LogP contribution in [0.15, 0.2) is 0 Å². The van der Waals surface area contributed by atoms with Gasteiger partial charge in [-0.15, -0.1) is 0 Å². The summed E-state index contributed by atoms with van der Waals surface area (Å²) in [5.41, 5.74) is 0. The standard InChI is InChI=1S/C63H122O6/c1-5-7-9-11-13-15-17-19-20-23-27-31-34-38-42-46-50-54-61(64)67-57-60(69-63(66)56-52-48-44-40-36-29-18-16-14-12-10-8-6-2)58-68-62(65)55-51-47-43-39-35-32-28-25-22-21-24-26-30-33-37-41-45-49-53-59(3)4/h59-60H,5-58H2,1-4H3/t60-/m0/s1. The van der Waals surface area contributed by atoms with E-state index in [0.717, 1.165) is 63.7 Å². The third kappa shape index (κ3) is 57.2. The topological polar surface area (TPSA) is 78.9 Å². The zero-order chi connectivity index (χ0) is 50.2. The van der Waals surface area contributed by atoms with Gasteiger partial charge >= 0.3 is 17.9 Å². The Hall–Kier alpha value is -1.59. The average Bonchev–Trinajstić information content (AvgIpc) is 3.34. The molecule has 6 nitrogen and oxygen atoms in total. The summed E-state index contributed by atoms with van der Waals surface area (Å²) in [4.78, 5) is 38.2. The molecule has 0 aromatic carbocycles. The van der Waals surface area contributed by atoms with Gasteiger partial charge in [-0.05, 0) is 25.2 Å². The van der Waals surface area contributed by atoms with E-state index in [1.165, 1.54) is 257 Å². The first-order valence-corrected chi connectivity index (χ1v) is 31.4. The van der Waals surface area contributed by atoms with Crippen molar-refractivity contribution < 1.29 is 28.6 Å². The van der Waals surface area contributed by atoms with Crippen LogP contribution in [0.3, 0.4) is 0 Å². The summed E-state index contributed by atoms with van der Waals surface area (Å²) in [7, 11) is 0. The Kier molecular flexibility index (Phi) is 56.0. The predicted octanol–water partition coefficient (Wildman–Crippen LogP) is 21.0. The lowest BCUT2D eigenvalue weighted by atomic mass is 10.0. The van der Waals surface area contributed by atoms with Gasteiger partial charge in [0.05, 0.1) is 0 Å². The Balaban J connectivity index is 4.23. The molecule has 0 aliphatic heterocycles. The van der Waals surface area contributed by atoms with Crippen molar-refractivity contribution in [3.05, 3.63) is 0 Å². The second-order valence-electron chi connectivity index (χ2n) is 22.2. The summed E-state index contributed by atoms with van der Waals surface area (Å²) in [6, 6.07) is 0. The molecule has 0 unspecified atom stereocenters. The number of hydrogen-bond acceptors (Lipinski definition) is 6. The van der Waals surface area contributed by atoms with Crippen LogP contribution < -0.4 is 0 Å². The molecule has 69 heavy (non-hydrogen) atoms. The maximum atomic E-state index is 12.9. The first-order chi connectivity index (χ1) is 33.9. The van der Waals surface area contributed by atoms with Gasteiger partial charge in [-0.1, -0.05) is 323 Å². The van der Waals surface area contributed by atoms with Crippen LogP contribution in [0.4, 0.5) is 0 Å². The maximum absolute atomic E-state index is 12.9. The molecule has 0 saturated heterocycles. The van der Waals surface area contributed by atoms with Crippen molar-refractivity contribution in [3.8, 4) is 0 Å². The van der Waals surface area contributed by atoms with Gasteiger partial charge in [-0.25, -0.2) is 0 Å². The molecule has 1 atom stereocenters. The van der Waals surface area contributed by atoms with Crippen molar-refractivity contribution in [1.82, 2.24) is 0 Å². The molecular formula is C63H122O6. The van der Waals surface area contributed by atoms with Crippen LogP contribution in [-0.2, 0) is 28.6 Å². The molecule has 0 saturated carbocycles. The molecule has 410 valence electrons. The first-order valence-electron chi connectivity index (χ1n) is 31.4. The smallest absolute Gasteiger partial charge is 0.306 e. The highest BCUT2D eigenvalue weighted by Gasteiger charge is 2.19. The number of esters is 3. The van der Waals surface area contributed by atoms with Crippen LogP contribution in [-0.4, -0.2) is 37.2 Å². The Labute approximate surface area is 431 Å². The average molecular weight is 976 g/mol. The molecule has 0 amide bonds. The molecule has 0 heterocycles. The van der Waals surface area contributed by atoms with Gasteiger partial charge in [0.2, 0.25) is 0 Å². The van der Waals surface area contributed by atoms with Gasteiger partial charge < -0.3 is 14.2 Å². The van der Waals surface area contributed by atoms with Crippen molar-refractivity contribution in [1.29, 1.82) is 0 Å². The Morgan fingerprint density at radius 1 is 0.275 bits per heavy atom. The van der Waals surface area contributed by atoms with E-state index >= 15 is 0 Å². The van der Waals surface area contributed by atoms with Crippen LogP contribution in [0.2, 0.25) is 0 Å². The van der Waals surface area contributed by atoms with Crippen molar-refractivity contribution in [2.75, 3.05) is 13.2 Å². The summed E-state index contributed by atoms with van der Waals surface area (Å²) in [6.45, 7) is 9.09. The molecule has 0 spiro atoms. The third-order valence-electron chi connectivity index (χ3n) is 14.5. The lowest BCUT2D eigenvalue weighted by molar-refractivity contribution is -0.167. The van der Waals surface area contributed by atoms with E-state index < -0.39 is 6.10 Å². The lowest BCUT2D eigenvalue weighted by Gasteiger charge is -2.18. The quantitative estimate of drug-likeness (QED) is 0.0343. The highest BCUT2D eigenvalue weighted by Crippen LogP contribution is 2.19. The van der Waals surface area contributed by atoms with E-state index in [4.69, 9.17) is 14.2 Å². The number of rotatable bonds is 58. The first kappa shape index (κ1) is 67.4. The molecular weight excluding hydrogens is 853 g/mol.